The fourth-order valence-electron chi connectivity index (χ4n) is 2.87. The molecule has 3 rings (SSSR count). The van der Waals surface area contributed by atoms with Gasteiger partial charge >= 0.3 is 0 Å². The Balaban J connectivity index is 1.68. The number of nitrogens with one attached hydrogen (secondary N) is 1. The maximum atomic E-state index is 12.5. The Morgan fingerprint density at radius 1 is 1.16 bits per heavy atom. The largest absolute Gasteiger partial charge is 0.378 e. The molecule has 0 bridgehead atoms. The predicted octanol–water partition coefficient (Wildman–Crippen LogP) is 3.03. The summed E-state index contributed by atoms with van der Waals surface area (Å²) in [6, 6.07) is 9.37. The van der Waals surface area contributed by atoms with Gasteiger partial charge in [-0.1, -0.05) is 6.92 Å². The molecule has 1 aromatic carbocycles. The standard InChI is InChI=1S/C19H25N5O/c1-14-9-12-24(13-10-14)19-20-11-8-17(22-19)18(25)21-15-4-6-16(7-5-15)23(2)3/h4-8,11,14H,9-10,12-13H2,1-3H3,(H,21,25). The van der Waals surface area contributed by atoms with Crippen LogP contribution in [0.2, 0.25) is 0 Å². The molecule has 1 fully saturated rings. The van der Waals surface area contributed by atoms with Crippen LogP contribution in [0.1, 0.15) is 30.3 Å². The molecular formula is C19H25N5O. The van der Waals surface area contributed by atoms with E-state index in [9.17, 15) is 4.79 Å². The molecule has 6 nitrogen and oxygen atoms in total. The highest BCUT2D eigenvalue weighted by atomic mass is 16.1. The quantitative estimate of drug-likeness (QED) is 0.928. The van der Waals surface area contributed by atoms with Crippen LogP contribution in [0.15, 0.2) is 36.5 Å². The minimum Gasteiger partial charge on any atom is -0.378 e. The molecule has 1 aliphatic heterocycles. The second-order valence-corrected chi connectivity index (χ2v) is 6.81. The highest BCUT2D eigenvalue weighted by Crippen LogP contribution is 2.20. The number of piperidine rings is 1. The first-order valence-electron chi connectivity index (χ1n) is 8.69. The number of nitrogens with zero attached hydrogens (tertiary/aromatic N) is 4. The fraction of sp³-hybridized carbons (Fsp3) is 0.421. The molecule has 0 unspecified atom stereocenters. The van der Waals surface area contributed by atoms with E-state index in [2.05, 4.69) is 27.1 Å². The summed E-state index contributed by atoms with van der Waals surface area (Å²) < 4.78 is 0. The van der Waals surface area contributed by atoms with Crippen molar-refractivity contribution in [2.24, 2.45) is 5.92 Å². The van der Waals surface area contributed by atoms with Crippen molar-refractivity contribution >= 4 is 23.2 Å². The van der Waals surface area contributed by atoms with Gasteiger partial charge in [-0.25, -0.2) is 9.97 Å². The molecule has 1 saturated heterocycles. The maximum absolute atomic E-state index is 12.5. The summed E-state index contributed by atoms with van der Waals surface area (Å²) in [5.74, 6) is 1.17. The van der Waals surface area contributed by atoms with Crippen LogP contribution in [0.4, 0.5) is 17.3 Å². The molecule has 0 saturated carbocycles. The van der Waals surface area contributed by atoms with E-state index in [4.69, 9.17) is 0 Å². The summed E-state index contributed by atoms with van der Waals surface area (Å²) in [4.78, 5) is 25.5. The second kappa shape index (κ2) is 7.51. The molecule has 25 heavy (non-hydrogen) atoms. The van der Waals surface area contributed by atoms with Gasteiger partial charge in [0.05, 0.1) is 0 Å². The number of aromatic nitrogens is 2. The summed E-state index contributed by atoms with van der Waals surface area (Å²) in [6.45, 7) is 4.15. The predicted molar refractivity (Wildman–Crippen MR) is 101 cm³/mol. The number of carbonyl (C=O) groups is 1. The van der Waals surface area contributed by atoms with Crippen LogP contribution in [0, 0.1) is 5.92 Å². The smallest absolute Gasteiger partial charge is 0.274 e. The molecule has 0 atom stereocenters. The van der Waals surface area contributed by atoms with Gasteiger partial charge in [0.25, 0.3) is 5.91 Å². The molecule has 2 aromatic rings. The number of rotatable bonds is 4. The SMILES string of the molecule is CC1CCN(c2nccc(C(=O)Nc3ccc(N(C)C)cc3)n2)CC1. The number of anilines is 3. The molecule has 132 valence electrons. The Kier molecular flexibility index (Phi) is 5.16. The average Bonchev–Trinajstić information content (AvgIpc) is 2.63. The normalized spacial score (nSPS) is 15.1. The van der Waals surface area contributed by atoms with Crippen LogP contribution >= 0.6 is 0 Å². The summed E-state index contributed by atoms with van der Waals surface area (Å²) in [7, 11) is 3.97. The Hall–Kier alpha value is -2.63. The Morgan fingerprint density at radius 2 is 1.84 bits per heavy atom. The lowest BCUT2D eigenvalue weighted by Gasteiger charge is -2.30. The summed E-state index contributed by atoms with van der Waals surface area (Å²) in [6.07, 6.45) is 3.93. The van der Waals surface area contributed by atoms with E-state index in [0.717, 1.165) is 43.2 Å². The lowest BCUT2D eigenvalue weighted by Crippen LogP contribution is -2.34. The van der Waals surface area contributed by atoms with E-state index >= 15 is 0 Å². The first-order chi connectivity index (χ1) is 12.0. The van der Waals surface area contributed by atoms with Gasteiger partial charge in [0.1, 0.15) is 5.69 Å². The third kappa shape index (κ3) is 4.26. The maximum Gasteiger partial charge on any atom is 0.274 e. The Labute approximate surface area is 148 Å². The number of amides is 1. The van der Waals surface area contributed by atoms with Crippen LogP contribution in [-0.4, -0.2) is 43.1 Å². The van der Waals surface area contributed by atoms with E-state index in [1.54, 1.807) is 12.3 Å². The van der Waals surface area contributed by atoms with Crippen LogP contribution in [0.5, 0.6) is 0 Å². The molecule has 0 aliphatic carbocycles. The molecular weight excluding hydrogens is 314 g/mol. The molecule has 1 aliphatic rings. The third-order valence-electron chi connectivity index (χ3n) is 4.58. The van der Waals surface area contributed by atoms with Crippen molar-refractivity contribution in [3.63, 3.8) is 0 Å². The number of carbonyl (C=O) groups excluding carboxylic acids is 1. The van der Waals surface area contributed by atoms with Crippen LogP contribution in [0.3, 0.4) is 0 Å². The van der Waals surface area contributed by atoms with Gasteiger partial charge in [0.2, 0.25) is 5.95 Å². The van der Waals surface area contributed by atoms with Crippen molar-refractivity contribution in [3.8, 4) is 0 Å². The van der Waals surface area contributed by atoms with Gasteiger partial charge in [0, 0.05) is 44.8 Å². The van der Waals surface area contributed by atoms with Gasteiger partial charge in [-0.05, 0) is 49.1 Å². The van der Waals surface area contributed by atoms with Crippen molar-refractivity contribution in [1.29, 1.82) is 0 Å². The molecule has 1 N–H and O–H groups in total. The Bertz CT molecular complexity index is 721. The zero-order chi connectivity index (χ0) is 17.8. The van der Waals surface area contributed by atoms with Gasteiger partial charge in [0.15, 0.2) is 0 Å². The number of hydrogen-bond donors (Lipinski definition) is 1. The van der Waals surface area contributed by atoms with Gasteiger partial charge in [-0.2, -0.15) is 0 Å². The summed E-state index contributed by atoms with van der Waals surface area (Å²) in [5.41, 5.74) is 2.23. The van der Waals surface area contributed by atoms with E-state index in [0.29, 0.717) is 11.6 Å². The topological polar surface area (TPSA) is 61.4 Å². The van der Waals surface area contributed by atoms with Crippen molar-refractivity contribution in [2.75, 3.05) is 42.3 Å². The van der Waals surface area contributed by atoms with E-state index < -0.39 is 0 Å². The molecule has 1 amide bonds. The average molecular weight is 339 g/mol. The first kappa shape index (κ1) is 17.2. The fourth-order valence-corrected chi connectivity index (χ4v) is 2.87. The van der Waals surface area contributed by atoms with Crippen LogP contribution < -0.4 is 15.1 Å². The molecule has 2 heterocycles. The molecule has 0 spiro atoms. The van der Waals surface area contributed by atoms with E-state index in [-0.39, 0.29) is 5.91 Å². The van der Waals surface area contributed by atoms with Crippen molar-refractivity contribution in [3.05, 3.63) is 42.2 Å². The second-order valence-electron chi connectivity index (χ2n) is 6.81. The zero-order valence-corrected chi connectivity index (χ0v) is 15.1. The van der Waals surface area contributed by atoms with Crippen LogP contribution in [-0.2, 0) is 0 Å². The Morgan fingerprint density at radius 3 is 2.48 bits per heavy atom. The minimum atomic E-state index is -0.216. The minimum absolute atomic E-state index is 0.216. The summed E-state index contributed by atoms with van der Waals surface area (Å²) >= 11 is 0. The molecule has 0 radical (unpaired) electrons. The van der Waals surface area contributed by atoms with Gasteiger partial charge in [-0.15, -0.1) is 0 Å². The lowest BCUT2D eigenvalue weighted by molar-refractivity contribution is 0.102. The number of benzene rings is 1. The molecule has 1 aromatic heterocycles. The van der Waals surface area contributed by atoms with Crippen molar-refractivity contribution in [2.45, 2.75) is 19.8 Å². The van der Waals surface area contributed by atoms with Crippen molar-refractivity contribution in [1.82, 2.24) is 9.97 Å². The highest BCUT2D eigenvalue weighted by molar-refractivity contribution is 6.03. The van der Waals surface area contributed by atoms with Crippen LogP contribution in [0.25, 0.3) is 0 Å². The first-order valence-corrected chi connectivity index (χ1v) is 8.69. The number of hydrogen-bond acceptors (Lipinski definition) is 5. The monoisotopic (exact) mass is 339 g/mol. The lowest BCUT2D eigenvalue weighted by atomic mass is 10.00. The van der Waals surface area contributed by atoms with Gasteiger partial charge < -0.3 is 15.1 Å². The zero-order valence-electron chi connectivity index (χ0n) is 15.1. The van der Waals surface area contributed by atoms with Crippen molar-refractivity contribution < 1.29 is 4.79 Å². The van der Waals surface area contributed by atoms with E-state index in [1.165, 1.54) is 0 Å². The van der Waals surface area contributed by atoms with Gasteiger partial charge in [-0.3, -0.25) is 4.79 Å². The molecule has 6 heteroatoms. The third-order valence-corrected chi connectivity index (χ3v) is 4.58. The van der Waals surface area contributed by atoms with E-state index in [1.807, 2.05) is 43.3 Å². The summed E-state index contributed by atoms with van der Waals surface area (Å²) in [5, 5.41) is 2.90. The highest BCUT2D eigenvalue weighted by Gasteiger charge is 2.19.